The second-order valence-corrected chi connectivity index (χ2v) is 8.31. The topological polar surface area (TPSA) is 24.5 Å². The summed E-state index contributed by atoms with van der Waals surface area (Å²) in [6, 6.07) is 26.2. The van der Waals surface area contributed by atoms with Gasteiger partial charge >= 0.3 is 0 Å². The lowest BCUT2D eigenvalue weighted by atomic mass is 9.94. The molecular formula is C27H32N2O. The molecule has 0 amide bonds. The zero-order valence-corrected chi connectivity index (χ0v) is 18.1. The van der Waals surface area contributed by atoms with Gasteiger partial charge in [-0.25, -0.2) is 0 Å². The number of nitrogens with one attached hydrogen (secondary N) is 1. The average Bonchev–Trinajstić information content (AvgIpc) is 3.03. The second kappa shape index (κ2) is 9.92. The predicted octanol–water partition coefficient (Wildman–Crippen LogP) is 5.27. The van der Waals surface area contributed by atoms with Crippen LogP contribution >= 0.6 is 0 Å². The number of hydrogen-bond donors (Lipinski definition) is 1. The smallest absolute Gasteiger partial charge is 0.119 e. The average molecular weight is 401 g/mol. The van der Waals surface area contributed by atoms with E-state index in [0.717, 1.165) is 31.9 Å². The maximum absolute atomic E-state index is 6.01. The summed E-state index contributed by atoms with van der Waals surface area (Å²) in [5, 5.41) is 3.54. The van der Waals surface area contributed by atoms with E-state index in [4.69, 9.17) is 4.74 Å². The number of aryl methyl sites for hydroxylation is 2. The largest absolute Gasteiger partial charge is 0.489 e. The van der Waals surface area contributed by atoms with Crippen LogP contribution in [0, 0.1) is 13.8 Å². The van der Waals surface area contributed by atoms with E-state index in [2.05, 4.69) is 78.7 Å². The summed E-state index contributed by atoms with van der Waals surface area (Å²) >= 11 is 0. The van der Waals surface area contributed by atoms with Crippen molar-refractivity contribution in [3.8, 4) is 5.75 Å². The molecule has 0 aromatic heterocycles. The third-order valence-corrected chi connectivity index (χ3v) is 5.74. The first-order valence-electron chi connectivity index (χ1n) is 11.0. The van der Waals surface area contributed by atoms with Gasteiger partial charge in [0.05, 0.1) is 6.04 Å². The lowest BCUT2D eigenvalue weighted by Crippen LogP contribution is -2.33. The molecule has 0 aliphatic carbocycles. The summed E-state index contributed by atoms with van der Waals surface area (Å²) in [7, 11) is 0. The van der Waals surface area contributed by atoms with E-state index in [9.17, 15) is 0 Å². The Balaban J connectivity index is 1.58. The first-order chi connectivity index (χ1) is 14.7. The van der Waals surface area contributed by atoms with E-state index in [-0.39, 0.29) is 6.04 Å². The molecule has 0 spiro atoms. The van der Waals surface area contributed by atoms with Gasteiger partial charge in [0, 0.05) is 19.6 Å². The summed E-state index contributed by atoms with van der Waals surface area (Å²) in [5.41, 5.74) is 6.55. The molecule has 0 bridgehead atoms. The van der Waals surface area contributed by atoms with Crippen LogP contribution in [0.1, 0.15) is 40.3 Å². The summed E-state index contributed by atoms with van der Waals surface area (Å²) in [6.07, 6.45) is 1.18. The van der Waals surface area contributed by atoms with E-state index in [1.807, 2.05) is 18.2 Å². The number of rotatable bonds is 6. The monoisotopic (exact) mass is 400 g/mol. The van der Waals surface area contributed by atoms with Crippen LogP contribution in [0.3, 0.4) is 0 Å². The third kappa shape index (κ3) is 5.29. The van der Waals surface area contributed by atoms with Crippen molar-refractivity contribution in [3.63, 3.8) is 0 Å². The Morgan fingerprint density at radius 2 is 1.57 bits per heavy atom. The van der Waals surface area contributed by atoms with Gasteiger partial charge in [0.1, 0.15) is 12.4 Å². The van der Waals surface area contributed by atoms with Crippen molar-refractivity contribution in [3.05, 3.63) is 101 Å². The molecule has 3 aromatic rings. The molecule has 0 radical (unpaired) electrons. The highest BCUT2D eigenvalue weighted by Gasteiger charge is 2.23. The Kier molecular flexibility index (Phi) is 6.83. The van der Waals surface area contributed by atoms with Gasteiger partial charge in [0.15, 0.2) is 0 Å². The molecule has 0 saturated carbocycles. The van der Waals surface area contributed by atoms with Crippen molar-refractivity contribution < 1.29 is 4.74 Å². The number of benzene rings is 3. The molecule has 156 valence electrons. The van der Waals surface area contributed by atoms with Crippen LogP contribution in [-0.4, -0.2) is 31.1 Å². The predicted molar refractivity (Wildman–Crippen MR) is 124 cm³/mol. The molecule has 1 unspecified atom stereocenters. The molecule has 3 nitrogen and oxygen atoms in total. The van der Waals surface area contributed by atoms with Crippen molar-refractivity contribution in [2.75, 3.05) is 26.2 Å². The van der Waals surface area contributed by atoms with Crippen molar-refractivity contribution in [1.29, 1.82) is 0 Å². The fourth-order valence-electron chi connectivity index (χ4n) is 4.39. The van der Waals surface area contributed by atoms with Crippen LogP contribution in [0.25, 0.3) is 0 Å². The number of hydrogen-bond acceptors (Lipinski definition) is 3. The Morgan fingerprint density at radius 3 is 2.30 bits per heavy atom. The van der Waals surface area contributed by atoms with Crippen molar-refractivity contribution in [1.82, 2.24) is 10.2 Å². The van der Waals surface area contributed by atoms with Crippen LogP contribution in [-0.2, 0) is 6.61 Å². The van der Waals surface area contributed by atoms with Crippen LogP contribution in [0.2, 0.25) is 0 Å². The van der Waals surface area contributed by atoms with Gasteiger partial charge in [-0.1, -0.05) is 71.8 Å². The summed E-state index contributed by atoms with van der Waals surface area (Å²) in [6.45, 7) is 9.29. The summed E-state index contributed by atoms with van der Waals surface area (Å²) < 4.78 is 6.01. The number of ether oxygens (including phenoxy) is 1. The van der Waals surface area contributed by atoms with Gasteiger partial charge in [0.25, 0.3) is 0 Å². The highest BCUT2D eigenvalue weighted by molar-refractivity contribution is 5.39. The fourth-order valence-corrected chi connectivity index (χ4v) is 4.39. The third-order valence-electron chi connectivity index (χ3n) is 5.74. The maximum Gasteiger partial charge on any atom is 0.119 e. The zero-order valence-electron chi connectivity index (χ0n) is 18.1. The van der Waals surface area contributed by atoms with Crippen molar-refractivity contribution in [2.45, 2.75) is 32.9 Å². The quantitative estimate of drug-likeness (QED) is 0.610. The van der Waals surface area contributed by atoms with Gasteiger partial charge < -0.3 is 10.1 Å². The lowest BCUT2D eigenvalue weighted by Gasteiger charge is -2.32. The molecule has 30 heavy (non-hydrogen) atoms. The van der Waals surface area contributed by atoms with Crippen LogP contribution in [0.15, 0.2) is 72.8 Å². The van der Waals surface area contributed by atoms with E-state index in [0.29, 0.717) is 6.61 Å². The van der Waals surface area contributed by atoms with Gasteiger partial charge in [-0.3, -0.25) is 4.90 Å². The molecule has 3 heteroatoms. The zero-order chi connectivity index (χ0) is 20.8. The summed E-state index contributed by atoms with van der Waals surface area (Å²) in [5.74, 6) is 0.916. The standard InChI is InChI=1S/C27H32N2O/c1-21-17-22(2)19-25(18-21)27(29-15-6-13-28-14-16-29)24-9-11-26(12-10-24)30-20-23-7-4-3-5-8-23/h3-5,7-12,17-19,27-28H,6,13-16,20H2,1-2H3. The van der Waals surface area contributed by atoms with E-state index < -0.39 is 0 Å². The van der Waals surface area contributed by atoms with Crippen molar-refractivity contribution in [2.24, 2.45) is 0 Å². The normalized spacial score (nSPS) is 16.1. The molecule has 1 N–H and O–H groups in total. The molecule has 1 atom stereocenters. The van der Waals surface area contributed by atoms with Crippen molar-refractivity contribution >= 4 is 0 Å². The fraction of sp³-hybridized carbons (Fsp3) is 0.333. The first-order valence-corrected chi connectivity index (χ1v) is 11.0. The molecule has 1 aliphatic heterocycles. The van der Waals surface area contributed by atoms with Gasteiger partial charge in [-0.2, -0.15) is 0 Å². The van der Waals surface area contributed by atoms with Crippen LogP contribution in [0.5, 0.6) is 5.75 Å². The molecule has 1 heterocycles. The maximum atomic E-state index is 6.01. The van der Waals surface area contributed by atoms with Crippen LogP contribution in [0.4, 0.5) is 0 Å². The highest BCUT2D eigenvalue weighted by Crippen LogP contribution is 2.31. The molecule has 3 aromatic carbocycles. The minimum absolute atomic E-state index is 0.270. The minimum Gasteiger partial charge on any atom is -0.489 e. The molecule has 1 fully saturated rings. The lowest BCUT2D eigenvalue weighted by molar-refractivity contribution is 0.240. The highest BCUT2D eigenvalue weighted by atomic mass is 16.5. The second-order valence-electron chi connectivity index (χ2n) is 8.31. The Labute approximate surface area is 180 Å². The Hall–Kier alpha value is -2.62. The van der Waals surface area contributed by atoms with Gasteiger partial charge in [0.2, 0.25) is 0 Å². The Morgan fingerprint density at radius 1 is 0.833 bits per heavy atom. The van der Waals surface area contributed by atoms with Gasteiger partial charge in [-0.15, -0.1) is 0 Å². The van der Waals surface area contributed by atoms with E-state index >= 15 is 0 Å². The number of nitrogens with zero attached hydrogens (tertiary/aromatic N) is 1. The molecule has 4 rings (SSSR count). The summed E-state index contributed by atoms with van der Waals surface area (Å²) in [4.78, 5) is 2.62. The molecule has 1 saturated heterocycles. The molecular weight excluding hydrogens is 368 g/mol. The van der Waals surface area contributed by atoms with E-state index in [1.54, 1.807) is 0 Å². The minimum atomic E-state index is 0.270. The van der Waals surface area contributed by atoms with Crippen LogP contribution < -0.4 is 10.1 Å². The SMILES string of the molecule is Cc1cc(C)cc(C(c2ccc(OCc3ccccc3)cc2)N2CCCNCC2)c1. The molecule has 1 aliphatic rings. The Bertz CT molecular complexity index is 909. The van der Waals surface area contributed by atoms with Gasteiger partial charge in [-0.05, 0) is 55.6 Å². The first kappa shape index (κ1) is 20.6. The van der Waals surface area contributed by atoms with E-state index in [1.165, 1.54) is 34.2 Å².